The van der Waals surface area contributed by atoms with Gasteiger partial charge in [-0.3, -0.25) is 25.8 Å². The van der Waals surface area contributed by atoms with Gasteiger partial charge < -0.3 is 4.74 Å². The van der Waals surface area contributed by atoms with E-state index in [9.17, 15) is 9.59 Å². The molecule has 6 nitrogen and oxygen atoms in total. The minimum atomic E-state index is -0.459. The van der Waals surface area contributed by atoms with Gasteiger partial charge in [0, 0.05) is 14.5 Å². The maximum Gasteiger partial charge on any atom is 0.276 e. The highest BCUT2D eigenvalue weighted by Crippen LogP contribution is 2.28. The third-order valence-electron chi connectivity index (χ3n) is 3.23. The van der Waals surface area contributed by atoms with Gasteiger partial charge in [-0.05, 0) is 71.0 Å². The maximum absolute atomic E-state index is 12.1. The fraction of sp³-hybridized carbons (Fsp3) is 0.118. The average molecular weight is 580 g/mol. The molecule has 0 bridgehead atoms. The Kier molecular flexibility index (Phi) is 8.21. The van der Waals surface area contributed by atoms with E-state index in [0.717, 1.165) is 14.5 Å². The van der Waals surface area contributed by atoms with Crippen LogP contribution in [0.3, 0.4) is 0 Å². The third kappa shape index (κ3) is 6.87. The van der Waals surface area contributed by atoms with Crippen molar-refractivity contribution in [3.8, 4) is 5.75 Å². The van der Waals surface area contributed by atoms with Crippen molar-refractivity contribution in [3.63, 3.8) is 0 Å². The van der Waals surface area contributed by atoms with Gasteiger partial charge in [0.1, 0.15) is 5.75 Å². The highest BCUT2D eigenvalue weighted by atomic mass is 79.9. The van der Waals surface area contributed by atoms with E-state index in [0.29, 0.717) is 15.8 Å². The molecular formula is C17H14Br3N3O3S. The molecule has 0 atom stereocenters. The minimum absolute atomic E-state index is 0.0325. The van der Waals surface area contributed by atoms with Crippen LogP contribution in [0.4, 0.5) is 0 Å². The van der Waals surface area contributed by atoms with Crippen molar-refractivity contribution in [2.45, 2.75) is 6.92 Å². The van der Waals surface area contributed by atoms with Crippen molar-refractivity contribution in [2.24, 2.45) is 0 Å². The second-order valence-electron chi connectivity index (χ2n) is 5.28. The predicted molar refractivity (Wildman–Crippen MR) is 118 cm³/mol. The van der Waals surface area contributed by atoms with Crippen LogP contribution >= 0.6 is 60.0 Å². The fourth-order valence-electron chi connectivity index (χ4n) is 1.84. The number of hydrogen-bond acceptors (Lipinski definition) is 4. The van der Waals surface area contributed by atoms with Crippen LogP contribution in [0, 0.1) is 6.92 Å². The molecule has 142 valence electrons. The number of nitrogens with one attached hydrogen (secondary N) is 3. The normalized spacial score (nSPS) is 10.1. The summed E-state index contributed by atoms with van der Waals surface area (Å²) in [6, 6.07) is 10.5. The van der Waals surface area contributed by atoms with E-state index in [4.69, 9.17) is 17.0 Å². The molecule has 0 heterocycles. The van der Waals surface area contributed by atoms with Gasteiger partial charge in [-0.2, -0.15) is 0 Å². The Morgan fingerprint density at radius 2 is 1.78 bits per heavy atom. The first-order valence-electron chi connectivity index (χ1n) is 7.50. The zero-order valence-electron chi connectivity index (χ0n) is 13.9. The van der Waals surface area contributed by atoms with E-state index >= 15 is 0 Å². The first-order chi connectivity index (χ1) is 12.8. The van der Waals surface area contributed by atoms with Gasteiger partial charge in [0.15, 0.2) is 11.7 Å². The van der Waals surface area contributed by atoms with E-state index in [1.54, 1.807) is 30.3 Å². The zero-order valence-corrected chi connectivity index (χ0v) is 19.5. The largest absolute Gasteiger partial charge is 0.483 e. The summed E-state index contributed by atoms with van der Waals surface area (Å²) < 4.78 is 7.82. The molecule has 0 radical (unpaired) electrons. The number of amides is 2. The highest BCUT2D eigenvalue weighted by Gasteiger charge is 2.10. The molecule has 2 amide bonds. The lowest BCUT2D eigenvalue weighted by Gasteiger charge is -2.12. The molecule has 0 saturated carbocycles. The van der Waals surface area contributed by atoms with E-state index < -0.39 is 11.8 Å². The van der Waals surface area contributed by atoms with E-state index in [-0.39, 0.29) is 11.7 Å². The number of hydrazine groups is 1. The molecule has 27 heavy (non-hydrogen) atoms. The third-order valence-corrected chi connectivity index (χ3v) is 5.40. The van der Waals surface area contributed by atoms with Crippen LogP contribution < -0.4 is 20.9 Å². The number of carbonyl (C=O) groups excluding carboxylic acids is 2. The quantitative estimate of drug-likeness (QED) is 0.377. The van der Waals surface area contributed by atoms with Gasteiger partial charge in [0.25, 0.3) is 11.8 Å². The fourth-order valence-corrected chi connectivity index (χ4v) is 3.52. The molecule has 2 aromatic rings. The smallest absolute Gasteiger partial charge is 0.276 e. The summed E-state index contributed by atoms with van der Waals surface area (Å²) in [4.78, 5) is 24.0. The molecule has 0 aliphatic rings. The lowest BCUT2D eigenvalue weighted by molar-refractivity contribution is -0.123. The SMILES string of the molecule is Cc1ccc(C(=O)NC(=S)NNC(=O)COc2ccc(Br)cc2Br)cc1Br. The Hall–Kier alpha value is -1.49. The molecule has 0 aliphatic heterocycles. The number of thiocarbonyl (C=S) groups is 1. The number of carbonyl (C=O) groups is 2. The van der Waals surface area contributed by atoms with Crippen molar-refractivity contribution in [1.29, 1.82) is 0 Å². The zero-order chi connectivity index (χ0) is 20.0. The van der Waals surface area contributed by atoms with Crippen molar-refractivity contribution >= 4 is 76.9 Å². The van der Waals surface area contributed by atoms with Crippen molar-refractivity contribution < 1.29 is 14.3 Å². The number of rotatable bonds is 4. The van der Waals surface area contributed by atoms with Crippen LogP contribution in [0.1, 0.15) is 15.9 Å². The summed E-state index contributed by atoms with van der Waals surface area (Å²) in [6.07, 6.45) is 0. The lowest BCUT2D eigenvalue weighted by atomic mass is 10.1. The molecular weight excluding hydrogens is 566 g/mol. The minimum Gasteiger partial charge on any atom is -0.483 e. The Bertz CT molecular complexity index is 893. The summed E-state index contributed by atoms with van der Waals surface area (Å²) in [7, 11) is 0. The van der Waals surface area contributed by atoms with Crippen LogP contribution in [0.25, 0.3) is 0 Å². The lowest BCUT2D eigenvalue weighted by Crippen LogP contribution is -2.49. The molecule has 2 rings (SSSR count). The molecule has 0 aromatic heterocycles. The molecule has 2 aromatic carbocycles. The standard InChI is InChI=1S/C17H14Br3N3O3S/c1-9-2-3-10(6-12(9)19)16(25)21-17(27)23-22-15(24)8-26-14-5-4-11(18)7-13(14)20/h2-7H,8H2,1H3,(H,22,24)(H2,21,23,25,27). The molecule has 3 N–H and O–H groups in total. The molecule has 10 heteroatoms. The second-order valence-corrected chi connectivity index (χ2v) is 8.32. The first-order valence-corrected chi connectivity index (χ1v) is 10.3. The number of aryl methyl sites for hydroxylation is 1. The number of ether oxygens (including phenoxy) is 1. The topological polar surface area (TPSA) is 79.5 Å². The second kappa shape index (κ2) is 10.2. The Labute approximate surface area is 186 Å². The molecule has 0 aliphatic carbocycles. The van der Waals surface area contributed by atoms with Gasteiger partial charge >= 0.3 is 0 Å². The van der Waals surface area contributed by atoms with Crippen LogP contribution in [-0.2, 0) is 4.79 Å². The van der Waals surface area contributed by atoms with E-state index in [1.807, 2.05) is 13.0 Å². The van der Waals surface area contributed by atoms with Gasteiger partial charge in [-0.15, -0.1) is 0 Å². The Balaban J connectivity index is 1.78. The predicted octanol–water partition coefficient (Wildman–Crippen LogP) is 4.00. The monoisotopic (exact) mass is 577 g/mol. The number of hydrogen-bond donors (Lipinski definition) is 3. The van der Waals surface area contributed by atoms with Crippen LogP contribution in [-0.4, -0.2) is 23.5 Å². The van der Waals surface area contributed by atoms with Crippen molar-refractivity contribution in [3.05, 3.63) is 60.9 Å². The summed E-state index contributed by atoms with van der Waals surface area (Å²) in [5.41, 5.74) is 6.26. The van der Waals surface area contributed by atoms with Crippen LogP contribution in [0.5, 0.6) is 5.75 Å². The molecule has 0 saturated heterocycles. The van der Waals surface area contributed by atoms with Crippen molar-refractivity contribution in [2.75, 3.05) is 6.61 Å². The summed E-state index contributed by atoms with van der Waals surface area (Å²) >= 11 is 15.0. The highest BCUT2D eigenvalue weighted by molar-refractivity contribution is 9.11. The molecule has 0 spiro atoms. The summed E-state index contributed by atoms with van der Waals surface area (Å²) in [5, 5.41) is 2.45. The Morgan fingerprint density at radius 3 is 2.44 bits per heavy atom. The van der Waals surface area contributed by atoms with E-state index in [2.05, 4.69) is 64.0 Å². The van der Waals surface area contributed by atoms with Gasteiger partial charge in [-0.1, -0.05) is 37.9 Å². The summed E-state index contributed by atoms with van der Waals surface area (Å²) in [6.45, 7) is 1.69. The maximum atomic E-state index is 12.1. The Morgan fingerprint density at radius 1 is 1.04 bits per heavy atom. The summed E-state index contributed by atoms with van der Waals surface area (Å²) in [5.74, 6) is -0.328. The van der Waals surface area contributed by atoms with E-state index in [1.165, 1.54) is 0 Å². The average Bonchev–Trinajstić information content (AvgIpc) is 2.61. The van der Waals surface area contributed by atoms with Gasteiger partial charge in [0.05, 0.1) is 4.47 Å². The van der Waals surface area contributed by atoms with Crippen LogP contribution in [0.2, 0.25) is 0 Å². The van der Waals surface area contributed by atoms with Crippen molar-refractivity contribution in [1.82, 2.24) is 16.2 Å². The van der Waals surface area contributed by atoms with Gasteiger partial charge in [0.2, 0.25) is 0 Å². The molecule has 0 unspecified atom stereocenters. The molecule has 0 fully saturated rings. The first kappa shape index (κ1) is 21.8. The van der Waals surface area contributed by atoms with Gasteiger partial charge in [-0.25, -0.2) is 0 Å². The number of halogens is 3. The van der Waals surface area contributed by atoms with Crippen LogP contribution in [0.15, 0.2) is 49.8 Å². The number of benzene rings is 2.